The minimum absolute atomic E-state index is 0.0444. The molecule has 3 aromatic carbocycles. The van der Waals surface area contributed by atoms with Crippen molar-refractivity contribution >= 4 is 39.5 Å². The summed E-state index contributed by atoms with van der Waals surface area (Å²) in [6.07, 6.45) is 0.450. The zero-order valence-corrected chi connectivity index (χ0v) is 23.9. The van der Waals surface area contributed by atoms with E-state index in [2.05, 4.69) is 52.4 Å². The quantitative estimate of drug-likeness (QED) is 0.303. The molecule has 0 saturated carbocycles. The second kappa shape index (κ2) is 13.1. The van der Waals surface area contributed by atoms with Gasteiger partial charge in [-0.25, -0.2) is 0 Å². The topological polar surface area (TPSA) is 49.4 Å². The fourth-order valence-corrected chi connectivity index (χ4v) is 5.18. The Labute approximate surface area is 228 Å². The number of nitrogens with zero attached hydrogens (tertiary/aromatic N) is 1. The standard InChI is InChI=1S/C30H35BrN2O2S/c1-22-13-15-24(16-14-22)20-36-21-28(34)33(19-25-11-8-12-26(31)17-25)27(29(35)32-30(2,3)4)18-23-9-6-5-7-10-23/h5-17,27H,18-21H2,1-4H3,(H,32,35)/t27-/m1/s1. The first-order valence-electron chi connectivity index (χ1n) is 12.1. The Bertz CT molecular complexity index is 1140. The highest BCUT2D eigenvalue weighted by Gasteiger charge is 2.32. The summed E-state index contributed by atoms with van der Waals surface area (Å²) in [4.78, 5) is 29.0. The fourth-order valence-electron chi connectivity index (χ4n) is 3.86. The molecular weight excluding hydrogens is 532 g/mol. The van der Waals surface area contributed by atoms with E-state index in [1.807, 2.05) is 75.4 Å². The lowest BCUT2D eigenvalue weighted by Gasteiger charge is -2.34. The van der Waals surface area contributed by atoms with Gasteiger partial charge in [-0.3, -0.25) is 9.59 Å². The lowest BCUT2D eigenvalue weighted by Crippen LogP contribution is -2.54. The van der Waals surface area contributed by atoms with E-state index in [-0.39, 0.29) is 11.8 Å². The summed E-state index contributed by atoms with van der Waals surface area (Å²) in [5.74, 6) is 0.861. The van der Waals surface area contributed by atoms with Crippen molar-refractivity contribution in [1.82, 2.24) is 10.2 Å². The van der Waals surface area contributed by atoms with Crippen LogP contribution in [-0.2, 0) is 28.3 Å². The highest BCUT2D eigenvalue weighted by molar-refractivity contribution is 9.10. The van der Waals surface area contributed by atoms with Crippen molar-refractivity contribution in [3.05, 3.63) is 106 Å². The van der Waals surface area contributed by atoms with Gasteiger partial charge in [-0.2, -0.15) is 0 Å². The summed E-state index contributed by atoms with van der Waals surface area (Å²) in [6.45, 7) is 8.31. The van der Waals surface area contributed by atoms with Gasteiger partial charge in [0.2, 0.25) is 11.8 Å². The largest absolute Gasteiger partial charge is 0.350 e. The molecule has 4 nitrogen and oxygen atoms in total. The first-order valence-corrected chi connectivity index (χ1v) is 14.1. The number of halogens is 1. The molecule has 1 atom stereocenters. The average molecular weight is 568 g/mol. The first kappa shape index (κ1) is 28.0. The monoisotopic (exact) mass is 566 g/mol. The predicted molar refractivity (Wildman–Crippen MR) is 154 cm³/mol. The molecule has 0 aliphatic heterocycles. The number of carbonyl (C=O) groups is 2. The van der Waals surface area contributed by atoms with Crippen LogP contribution in [0.25, 0.3) is 0 Å². The molecule has 3 aromatic rings. The predicted octanol–water partition coefficient (Wildman–Crippen LogP) is 6.55. The van der Waals surface area contributed by atoms with Crippen molar-refractivity contribution in [2.75, 3.05) is 5.75 Å². The summed E-state index contributed by atoms with van der Waals surface area (Å²) < 4.78 is 0.944. The van der Waals surface area contributed by atoms with Gasteiger partial charge in [-0.15, -0.1) is 11.8 Å². The zero-order valence-electron chi connectivity index (χ0n) is 21.5. The van der Waals surface area contributed by atoms with Crippen LogP contribution in [-0.4, -0.2) is 34.0 Å². The Morgan fingerprint density at radius 1 is 0.917 bits per heavy atom. The minimum atomic E-state index is -0.627. The molecule has 0 spiro atoms. The normalized spacial score (nSPS) is 12.1. The van der Waals surface area contributed by atoms with Crippen molar-refractivity contribution in [1.29, 1.82) is 0 Å². The molecule has 190 valence electrons. The summed E-state index contributed by atoms with van der Waals surface area (Å²) in [6, 6.07) is 25.5. The molecule has 0 unspecified atom stereocenters. The van der Waals surface area contributed by atoms with Gasteiger partial charge in [0.05, 0.1) is 5.75 Å². The van der Waals surface area contributed by atoms with Crippen LogP contribution in [0.15, 0.2) is 83.3 Å². The van der Waals surface area contributed by atoms with E-state index >= 15 is 0 Å². The average Bonchev–Trinajstić information content (AvgIpc) is 2.82. The number of amides is 2. The second-order valence-corrected chi connectivity index (χ2v) is 12.0. The van der Waals surface area contributed by atoms with Crippen LogP contribution in [0.2, 0.25) is 0 Å². The number of hydrogen-bond acceptors (Lipinski definition) is 3. The number of carbonyl (C=O) groups excluding carboxylic acids is 2. The summed E-state index contributed by atoms with van der Waals surface area (Å²) >= 11 is 5.11. The number of nitrogens with one attached hydrogen (secondary N) is 1. The van der Waals surface area contributed by atoms with Gasteiger partial charge < -0.3 is 10.2 Å². The number of benzene rings is 3. The van der Waals surface area contributed by atoms with Crippen LogP contribution in [0.5, 0.6) is 0 Å². The van der Waals surface area contributed by atoms with Gasteiger partial charge in [0, 0.05) is 28.7 Å². The Hall–Kier alpha value is -2.57. The third kappa shape index (κ3) is 9.14. The molecule has 0 radical (unpaired) electrons. The van der Waals surface area contributed by atoms with Crippen molar-refractivity contribution in [2.45, 2.75) is 58.0 Å². The van der Waals surface area contributed by atoms with E-state index in [4.69, 9.17) is 0 Å². The maximum absolute atomic E-state index is 13.7. The summed E-state index contributed by atoms with van der Waals surface area (Å²) in [5, 5.41) is 3.11. The van der Waals surface area contributed by atoms with E-state index in [1.165, 1.54) is 11.1 Å². The van der Waals surface area contributed by atoms with Crippen LogP contribution >= 0.6 is 27.7 Å². The van der Waals surface area contributed by atoms with Crippen LogP contribution in [0, 0.1) is 6.92 Å². The number of rotatable bonds is 10. The van der Waals surface area contributed by atoms with Crippen LogP contribution in [0.4, 0.5) is 0 Å². The number of thioether (sulfide) groups is 1. The third-order valence-electron chi connectivity index (χ3n) is 5.63. The number of hydrogen-bond donors (Lipinski definition) is 1. The molecule has 0 aliphatic carbocycles. The molecule has 0 bridgehead atoms. The molecule has 0 heterocycles. The molecule has 0 saturated heterocycles. The molecule has 0 aliphatic rings. The summed E-state index contributed by atoms with van der Waals surface area (Å²) in [5.41, 5.74) is 3.99. The molecule has 0 aromatic heterocycles. The molecule has 3 rings (SSSR count). The van der Waals surface area contributed by atoms with Crippen molar-refractivity contribution < 1.29 is 9.59 Å². The Morgan fingerprint density at radius 3 is 2.22 bits per heavy atom. The second-order valence-electron chi connectivity index (χ2n) is 10.1. The van der Waals surface area contributed by atoms with Gasteiger partial charge in [0.15, 0.2) is 0 Å². The Morgan fingerprint density at radius 2 is 1.58 bits per heavy atom. The highest BCUT2D eigenvalue weighted by atomic mass is 79.9. The maximum Gasteiger partial charge on any atom is 0.243 e. The van der Waals surface area contributed by atoms with Gasteiger partial charge in [0.1, 0.15) is 6.04 Å². The van der Waals surface area contributed by atoms with Crippen LogP contribution < -0.4 is 5.32 Å². The SMILES string of the molecule is Cc1ccc(CSCC(=O)N(Cc2cccc(Br)c2)[C@H](Cc2ccccc2)C(=O)NC(C)(C)C)cc1. The van der Waals surface area contributed by atoms with Gasteiger partial charge in [0.25, 0.3) is 0 Å². The Kier molecular flexibility index (Phi) is 10.2. The summed E-state index contributed by atoms with van der Waals surface area (Å²) in [7, 11) is 0. The van der Waals surface area contributed by atoms with E-state index in [9.17, 15) is 9.59 Å². The molecule has 2 amide bonds. The minimum Gasteiger partial charge on any atom is -0.350 e. The molecular formula is C30H35BrN2O2S. The van der Waals surface area contributed by atoms with Crippen LogP contribution in [0.3, 0.4) is 0 Å². The van der Waals surface area contributed by atoms with E-state index < -0.39 is 11.6 Å². The smallest absolute Gasteiger partial charge is 0.243 e. The fraction of sp³-hybridized carbons (Fsp3) is 0.333. The van der Waals surface area contributed by atoms with Crippen molar-refractivity contribution in [2.24, 2.45) is 0 Å². The van der Waals surface area contributed by atoms with E-state index in [1.54, 1.807) is 16.7 Å². The lowest BCUT2D eigenvalue weighted by atomic mass is 10.0. The van der Waals surface area contributed by atoms with E-state index in [0.29, 0.717) is 18.7 Å². The van der Waals surface area contributed by atoms with Crippen LogP contribution in [0.1, 0.15) is 43.0 Å². The molecule has 36 heavy (non-hydrogen) atoms. The van der Waals surface area contributed by atoms with Crippen molar-refractivity contribution in [3.63, 3.8) is 0 Å². The number of aryl methyl sites for hydroxylation is 1. The third-order valence-corrected chi connectivity index (χ3v) is 7.11. The van der Waals surface area contributed by atoms with Gasteiger partial charge in [-0.05, 0) is 56.5 Å². The van der Waals surface area contributed by atoms with Gasteiger partial charge in [-0.1, -0.05) is 88.2 Å². The van der Waals surface area contributed by atoms with E-state index in [0.717, 1.165) is 21.4 Å². The van der Waals surface area contributed by atoms with Gasteiger partial charge >= 0.3 is 0 Å². The molecule has 0 fully saturated rings. The lowest BCUT2D eigenvalue weighted by molar-refractivity contribution is -0.140. The maximum atomic E-state index is 13.7. The molecule has 6 heteroatoms. The molecule has 1 N–H and O–H groups in total. The first-order chi connectivity index (χ1) is 17.1. The highest BCUT2D eigenvalue weighted by Crippen LogP contribution is 2.21. The Balaban J connectivity index is 1.86. The van der Waals surface area contributed by atoms with Crippen molar-refractivity contribution in [3.8, 4) is 0 Å². The zero-order chi connectivity index (χ0) is 26.1.